The van der Waals surface area contributed by atoms with E-state index in [9.17, 15) is 4.79 Å². The Bertz CT molecular complexity index is 1280. The quantitative estimate of drug-likeness (QED) is 0.265. The van der Waals surface area contributed by atoms with Gasteiger partial charge in [0.15, 0.2) is 0 Å². The van der Waals surface area contributed by atoms with Crippen LogP contribution in [-0.2, 0) is 19.6 Å². The summed E-state index contributed by atoms with van der Waals surface area (Å²) in [5.41, 5.74) is 7.00. The molecule has 1 saturated carbocycles. The maximum atomic E-state index is 12.7. The fourth-order valence-corrected chi connectivity index (χ4v) is 5.63. The second-order valence-electron chi connectivity index (χ2n) is 11.1. The molecular weight excluding hydrogens is 526 g/mol. The molecule has 1 aromatic heterocycles. The summed E-state index contributed by atoms with van der Waals surface area (Å²) < 4.78 is 12.4. The minimum Gasteiger partial charge on any atom is -0.497 e. The fraction of sp³-hybridized carbons (Fsp3) is 0.529. The minimum absolute atomic E-state index is 0.0916. The number of hydrogen-bond acceptors (Lipinski definition) is 6. The zero-order valence-corrected chi connectivity index (χ0v) is 27.0. The molecule has 8 nitrogen and oxygen atoms in total. The Balaban J connectivity index is 0.000000247. The molecule has 0 spiro atoms. The van der Waals surface area contributed by atoms with Crippen molar-refractivity contribution in [2.45, 2.75) is 92.4 Å². The van der Waals surface area contributed by atoms with Crippen LogP contribution in [0.15, 0.2) is 36.4 Å². The Kier molecular flexibility index (Phi) is 12.7. The van der Waals surface area contributed by atoms with E-state index in [2.05, 4.69) is 45.9 Å². The molecule has 4 rings (SSSR count). The first-order valence-corrected chi connectivity index (χ1v) is 15.3. The molecule has 1 heterocycles. The van der Waals surface area contributed by atoms with Crippen LogP contribution in [0.4, 0.5) is 5.69 Å². The lowest BCUT2D eigenvalue weighted by Gasteiger charge is -2.31. The summed E-state index contributed by atoms with van der Waals surface area (Å²) in [6, 6.07) is 13.2. The van der Waals surface area contributed by atoms with E-state index in [1.807, 2.05) is 57.5 Å². The van der Waals surface area contributed by atoms with Crippen molar-refractivity contribution in [2.75, 3.05) is 33.1 Å². The van der Waals surface area contributed by atoms with Gasteiger partial charge in [0.25, 0.3) is 5.91 Å². The van der Waals surface area contributed by atoms with Crippen molar-refractivity contribution >= 4 is 11.6 Å². The highest BCUT2D eigenvalue weighted by molar-refractivity contribution is 5.97. The molecule has 0 aliphatic heterocycles. The second kappa shape index (κ2) is 16.2. The topological polar surface area (TPSA) is 80.7 Å². The van der Waals surface area contributed by atoms with E-state index in [4.69, 9.17) is 9.47 Å². The third kappa shape index (κ3) is 8.74. The van der Waals surface area contributed by atoms with Crippen molar-refractivity contribution in [2.24, 2.45) is 0 Å². The summed E-state index contributed by atoms with van der Waals surface area (Å²) >= 11 is 0. The molecular formula is C34H51N5O3. The normalized spacial score (nSPS) is 13.4. The first kappa shape index (κ1) is 33.0. The number of aryl methyl sites for hydroxylation is 2. The van der Waals surface area contributed by atoms with Gasteiger partial charge in [-0.2, -0.15) is 0 Å². The SMILES string of the molecule is CCNc1cc(C)cc(C(=O)NCc2c(OC)nn(CC)c2C)c1C.COc1ccc(CN(C)C2CCCCC2)cc1. The van der Waals surface area contributed by atoms with E-state index in [0.29, 0.717) is 18.0 Å². The monoisotopic (exact) mass is 577 g/mol. The van der Waals surface area contributed by atoms with E-state index in [1.54, 1.807) is 14.2 Å². The van der Waals surface area contributed by atoms with Crippen LogP contribution in [0.1, 0.15) is 84.3 Å². The number of methoxy groups -OCH3 is 2. The van der Waals surface area contributed by atoms with Gasteiger partial charge in [0, 0.05) is 42.6 Å². The number of carbonyl (C=O) groups excluding carboxylic acids is 1. The summed E-state index contributed by atoms with van der Waals surface area (Å²) in [6.45, 7) is 13.0. The molecule has 0 atom stereocenters. The largest absolute Gasteiger partial charge is 0.497 e. The Morgan fingerprint density at radius 3 is 2.31 bits per heavy atom. The van der Waals surface area contributed by atoms with E-state index in [-0.39, 0.29) is 5.91 Å². The summed E-state index contributed by atoms with van der Waals surface area (Å²) in [4.78, 5) is 15.2. The highest BCUT2D eigenvalue weighted by Gasteiger charge is 2.19. The maximum Gasteiger partial charge on any atom is 0.251 e. The summed E-state index contributed by atoms with van der Waals surface area (Å²) in [6.07, 6.45) is 6.96. The van der Waals surface area contributed by atoms with E-state index < -0.39 is 0 Å². The van der Waals surface area contributed by atoms with Crippen LogP contribution in [0, 0.1) is 20.8 Å². The van der Waals surface area contributed by atoms with Gasteiger partial charge in [0.1, 0.15) is 5.75 Å². The van der Waals surface area contributed by atoms with Gasteiger partial charge in [0.05, 0.1) is 26.3 Å². The molecule has 0 radical (unpaired) electrons. The van der Waals surface area contributed by atoms with Gasteiger partial charge >= 0.3 is 0 Å². The lowest BCUT2D eigenvalue weighted by molar-refractivity contribution is 0.0950. The second-order valence-corrected chi connectivity index (χ2v) is 11.1. The molecule has 0 bridgehead atoms. The molecule has 0 saturated heterocycles. The number of aromatic nitrogens is 2. The number of nitrogens with one attached hydrogen (secondary N) is 2. The van der Waals surface area contributed by atoms with Crippen LogP contribution in [0.3, 0.4) is 0 Å². The van der Waals surface area contributed by atoms with Crippen molar-refractivity contribution in [1.82, 2.24) is 20.0 Å². The van der Waals surface area contributed by atoms with Crippen molar-refractivity contribution < 1.29 is 14.3 Å². The van der Waals surface area contributed by atoms with E-state index >= 15 is 0 Å². The summed E-state index contributed by atoms with van der Waals surface area (Å²) in [7, 11) is 5.56. The lowest BCUT2D eigenvalue weighted by atomic mass is 9.94. The van der Waals surface area contributed by atoms with Crippen LogP contribution >= 0.6 is 0 Å². The maximum absolute atomic E-state index is 12.7. The average molecular weight is 578 g/mol. The Morgan fingerprint density at radius 1 is 1.02 bits per heavy atom. The van der Waals surface area contributed by atoms with E-state index in [1.165, 1.54) is 37.7 Å². The minimum atomic E-state index is -0.0916. The van der Waals surface area contributed by atoms with Gasteiger partial charge in [-0.3, -0.25) is 14.4 Å². The van der Waals surface area contributed by atoms with E-state index in [0.717, 1.165) is 59.5 Å². The molecule has 8 heteroatoms. The molecule has 230 valence electrons. The molecule has 42 heavy (non-hydrogen) atoms. The summed E-state index contributed by atoms with van der Waals surface area (Å²) in [5.74, 6) is 1.41. The van der Waals surface area contributed by atoms with Gasteiger partial charge in [-0.15, -0.1) is 5.10 Å². The smallest absolute Gasteiger partial charge is 0.251 e. The first-order valence-electron chi connectivity index (χ1n) is 15.3. The molecule has 1 aliphatic carbocycles. The van der Waals surface area contributed by atoms with Gasteiger partial charge < -0.3 is 20.1 Å². The zero-order valence-electron chi connectivity index (χ0n) is 27.0. The van der Waals surface area contributed by atoms with Gasteiger partial charge in [-0.1, -0.05) is 31.4 Å². The molecule has 3 aromatic rings. The highest BCUT2D eigenvalue weighted by Crippen LogP contribution is 2.25. The van der Waals surface area contributed by atoms with Crippen LogP contribution in [0.5, 0.6) is 11.6 Å². The molecule has 2 aromatic carbocycles. The number of carbonyl (C=O) groups is 1. The predicted molar refractivity (Wildman–Crippen MR) is 172 cm³/mol. The third-order valence-corrected chi connectivity index (χ3v) is 8.17. The van der Waals surface area contributed by atoms with Crippen LogP contribution in [0.2, 0.25) is 0 Å². The number of rotatable bonds is 11. The number of ether oxygens (including phenoxy) is 2. The molecule has 1 fully saturated rings. The highest BCUT2D eigenvalue weighted by atomic mass is 16.5. The molecule has 1 amide bonds. The predicted octanol–water partition coefficient (Wildman–Crippen LogP) is 6.66. The number of nitrogens with zero attached hydrogens (tertiary/aromatic N) is 3. The van der Waals surface area contributed by atoms with Crippen LogP contribution in [0.25, 0.3) is 0 Å². The van der Waals surface area contributed by atoms with Crippen LogP contribution in [-0.4, -0.2) is 54.4 Å². The third-order valence-electron chi connectivity index (χ3n) is 8.17. The fourth-order valence-electron chi connectivity index (χ4n) is 5.63. The molecule has 0 unspecified atom stereocenters. The standard InChI is InChI=1S/C19H28N4O2.C15H23NO/c1-7-20-17-10-12(3)9-15(13(17)4)18(24)21-11-16-14(5)23(8-2)22-19(16)25-6;1-16(14-6-4-3-5-7-14)12-13-8-10-15(17-2)11-9-13/h9-10,20H,7-8,11H2,1-6H3,(H,21,24);8-11,14H,3-7,12H2,1-2H3. The molecule has 2 N–H and O–H groups in total. The number of benzene rings is 2. The lowest BCUT2D eigenvalue weighted by Crippen LogP contribution is -2.32. The number of amides is 1. The molecule has 1 aliphatic rings. The first-order chi connectivity index (χ1) is 20.2. The Hall–Kier alpha value is -3.52. The zero-order chi connectivity index (χ0) is 30.6. The van der Waals surface area contributed by atoms with Gasteiger partial charge in [0.2, 0.25) is 5.88 Å². The number of hydrogen-bond donors (Lipinski definition) is 2. The van der Waals surface area contributed by atoms with Gasteiger partial charge in [-0.05, 0) is 95.5 Å². The van der Waals surface area contributed by atoms with Crippen molar-refractivity contribution in [3.63, 3.8) is 0 Å². The van der Waals surface area contributed by atoms with Crippen LogP contribution < -0.4 is 20.1 Å². The van der Waals surface area contributed by atoms with Crippen molar-refractivity contribution in [3.8, 4) is 11.6 Å². The Morgan fingerprint density at radius 2 is 1.71 bits per heavy atom. The van der Waals surface area contributed by atoms with Gasteiger partial charge in [-0.25, -0.2) is 0 Å². The van der Waals surface area contributed by atoms with Crippen molar-refractivity contribution in [3.05, 3.63) is 69.9 Å². The van der Waals surface area contributed by atoms with Crippen molar-refractivity contribution in [1.29, 1.82) is 0 Å². The Labute approximate surface area is 252 Å². The number of anilines is 1. The average Bonchev–Trinajstić information content (AvgIpc) is 3.32. The summed E-state index contributed by atoms with van der Waals surface area (Å²) in [5, 5.41) is 10.7.